The summed E-state index contributed by atoms with van der Waals surface area (Å²) >= 11 is 5.74. The second kappa shape index (κ2) is 4.33. The molecule has 0 radical (unpaired) electrons. The van der Waals surface area contributed by atoms with Crippen molar-refractivity contribution in [3.63, 3.8) is 0 Å². The molecule has 0 atom stereocenters. The van der Waals surface area contributed by atoms with E-state index < -0.39 is 0 Å². The van der Waals surface area contributed by atoms with Gasteiger partial charge in [-0.15, -0.1) is 0 Å². The van der Waals surface area contributed by atoms with Crippen LogP contribution >= 0.6 is 11.6 Å². The van der Waals surface area contributed by atoms with E-state index in [1.807, 2.05) is 0 Å². The molecule has 0 bridgehead atoms. The number of ether oxygens (including phenoxy) is 1. The first kappa shape index (κ1) is 10.6. The first-order valence-electron chi connectivity index (χ1n) is 4.60. The molecule has 3 nitrogen and oxygen atoms in total. The molecule has 0 saturated heterocycles. The normalized spacial score (nSPS) is 10.1. The van der Waals surface area contributed by atoms with Crippen LogP contribution in [0.1, 0.15) is 0 Å². The minimum absolute atomic E-state index is 0.0136. The molecule has 0 unspecified atom stereocenters. The molecule has 0 saturated carbocycles. The summed E-state index contributed by atoms with van der Waals surface area (Å²) in [6.45, 7) is 0. The largest absolute Gasteiger partial charge is 0.508 e. The molecule has 0 amide bonds. The maximum absolute atomic E-state index is 9.23. The lowest BCUT2D eigenvalue weighted by molar-refractivity contribution is 0.459. The van der Waals surface area contributed by atoms with Gasteiger partial charge in [-0.25, -0.2) is 0 Å². The van der Waals surface area contributed by atoms with Crippen LogP contribution < -0.4 is 4.74 Å². The molecule has 0 spiro atoms. The summed E-state index contributed by atoms with van der Waals surface area (Å²) in [5.74, 6) is 1.30. The molecule has 2 aromatic carbocycles. The van der Waals surface area contributed by atoms with Gasteiger partial charge in [-0.2, -0.15) is 0 Å². The fraction of sp³-hybridized carbons (Fsp3) is 0. The Bertz CT molecular complexity index is 494. The maximum Gasteiger partial charge on any atom is 0.134 e. The van der Waals surface area contributed by atoms with E-state index in [-0.39, 0.29) is 16.5 Å². The van der Waals surface area contributed by atoms with Crippen LogP contribution in [0.15, 0.2) is 42.5 Å². The zero-order valence-corrected chi connectivity index (χ0v) is 8.98. The van der Waals surface area contributed by atoms with Crippen LogP contribution in [0.25, 0.3) is 0 Å². The second-order valence-electron chi connectivity index (χ2n) is 3.21. The van der Waals surface area contributed by atoms with Gasteiger partial charge in [0.2, 0.25) is 0 Å². The Morgan fingerprint density at radius 3 is 2.12 bits per heavy atom. The van der Waals surface area contributed by atoms with Crippen LogP contribution in [0.3, 0.4) is 0 Å². The van der Waals surface area contributed by atoms with Crippen LogP contribution in [0, 0.1) is 0 Å². The van der Waals surface area contributed by atoms with Crippen molar-refractivity contribution in [2.24, 2.45) is 0 Å². The number of phenols is 2. The van der Waals surface area contributed by atoms with Crippen molar-refractivity contribution < 1.29 is 14.9 Å². The van der Waals surface area contributed by atoms with Gasteiger partial charge in [0, 0.05) is 6.07 Å². The smallest absolute Gasteiger partial charge is 0.134 e. The average Bonchev–Trinajstić information content (AvgIpc) is 2.27. The van der Waals surface area contributed by atoms with Crippen molar-refractivity contribution in [3.05, 3.63) is 47.5 Å². The number of hydrogen-bond acceptors (Lipinski definition) is 3. The van der Waals surface area contributed by atoms with Crippen molar-refractivity contribution in [2.45, 2.75) is 0 Å². The van der Waals surface area contributed by atoms with E-state index in [0.29, 0.717) is 11.5 Å². The topological polar surface area (TPSA) is 49.7 Å². The van der Waals surface area contributed by atoms with Crippen molar-refractivity contribution in [1.82, 2.24) is 0 Å². The molecule has 4 heteroatoms. The Morgan fingerprint density at radius 1 is 0.875 bits per heavy atom. The van der Waals surface area contributed by atoms with Gasteiger partial charge in [0.15, 0.2) is 0 Å². The van der Waals surface area contributed by atoms with Crippen LogP contribution in [-0.2, 0) is 0 Å². The van der Waals surface area contributed by atoms with E-state index in [2.05, 4.69) is 0 Å². The van der Waals surface area contributed by atoms with Gasteiger partial charge in [-0.3, -0.25) is 0 Å². The summed E-state index contributed by atoms with van der Waals surface area (Å²) < 4.78 is 5.46. The molecule has 0 aliphatic heterocycles. The Kier molecular flexibility index (Phi) is 2.88. The molecule has 2 N–H and O–H groups in total. The maximum atomic E-state index is 9.23. The molecular formula is C12H9ClO3. The van der Waals surface area contributed by atoms with Gasteiger partial charge in [-0.05, 0) is 36.4 Å². The highest BCUT2D eigenvalue weighted by Crippen LogP contribution is 2.30. The van der Waals surface area contributed by atoms with Gasteiger partial charge < -0.3 is 14.9 Å². The van der Waals surface area contributed by atoms with E-state index >= 15 is 0 Å². The van der Waals surface area contributed by atoms with Crippen LogP contribution in [0.5, 0.6) is 23.0 Å². The van der Waals surface area contributed by atoms with E-state index in [1.165, 1.54) is 24.3 Å². The predicted octanol–water partition coefficient (Wildman–Crippen LogP) is 3.54. The van der Waals surface area contributed by atoms with Crippen LogP contribution in [-0.4, -0.2) is 10.2 Å². The quantitative estimate of drug-likeness (QED) is 0.839. The van der Waals surface area contributed by atoms with Gasteiger partial charge in [-0.1, -0.05) is 11.6 Å². The molecular weight excluding hydrogens is 228 g/mol. The van der Waals surface area contributed by atoms with Crippen LogP contribution in [0.4, 0.5) is 0 Å². The Hall–Kier alpha value is -1.87. The predicted molar refractivity (Wildman–Crippen MR) is 61.3 cm³/mol. The van der Waals surface area contributed by atoms with Gasteiger partial charge in [0.1, 0.15) is 23.0 Å². The molecule has 0 aliphatic carbocycles. The first-order valence-corrected chi connectivity index (χ1v) is 4.98. The van der Waals surface area contributed by atoms with E-state index in [0.717, 1.165) is 0 Å². The summed E-state index contributed by atoms with van der Waals surface area (Å²) in [6, 6.07) is 10.9. The van der Waals surface area contributed by atoms with E-state index in [4.69, 9.17) is 21.4 Å². The lowest BCUT2D eigenvalue weighted by atomic mass is 10.3. The first-order chi connectivity index (χ1) is 7.65. The third-order valence-corrected chi connectivity index (χ3v) is 2.29. The van der Waals surface area contributed by atoms with Crippen molar-refractivity contribution >= 4 is 11.6 Å². The Morgan fingerprint density at radius 2 is 1.50 bits per heavy atom. The number of rotatable bonds is 2. The summed E-state index contributed by atoms with van der Waals surface area (Å²) in [7, 11) is 0. The van der Waals surface area contributed by atoms with Gasteiger partial charge in [0.25, 0.3) is 0 Å². The van der Waals surface area contributed by atoms with Crippen molar-refractivity contribution in [1.29, 1.82) is 0 Å². The van der Waals surface area contributed by atoms with E-state index in [9.17, 15) is 5.11 Å². The zero-order valence-electron chi connectivity index (χ0n) is 8.22. The average molecular weight is 237 g/mol. The Labute approximate surface area is 97.5 Å². The van der Waals surface area contributed by atoms with Gasteiger partial charge >= 0.3 is 0 Å². The Balaban J connectivity index is 2.20. The number of hydrogen-bond donors (Lipinski definition) is 2. The molecule has 2 aromatic rings. The van der Waals surface area contributed by atoms with E-state index in [1.54, 1.807) is 18.2 Å². The third-order valence-electron chi connectivity index (χ3n) is 1.99. The zero-order chi connectivity index (χ0) is 11.5. The number of phenolic OH excluding ortho intramolecular Hbond substituents is 2. The SMILES string of the molecule is Oc1ccc(Oc2ccc(O)c(Cl)c2)cc1. The number of halogens is 1. The van der Waals surface area contributed by atoms with Gasteiger partial charge in [0.05, 0.1) is 5.02 Å². The molecule has 2 rings (SSSR count). The third kappa shape index (κ3) is 2.38. The highest BCUT2D eigenvalue weighted by molar-refractivity contribution is 6.32. The monoisotopic (exact) mass is 236 g/mol. The molecule has 16 heavy (non-hydrogen) atoms. The highest BCUT2D eigenvalue weighted by atomic mass is 35.5. The summed E-state index contributed by atoms with van der Waals surface area (Å²) in [5.41, 5.74) is 0. The lowest BCUT2D eigenvalue weighted by Crippen LogP contribution is -1.83. The molecule has 0 aliphatic rings. The summed E-state index contributed by atoms with van der Waals surface area (Å²) in [6.07, 6.45) is 0. The minimum Gasteiger partial charge on any atom is -0.508 e. The second-order valence-corrected chi connectivity index (χ2v) is 3.62. The highest BCUT2D eigenvalue weighted by Gasteiger charge is 2.02. The molecule has 0 aromatic heterocycles. The number of aromatic hydroxyl groups is 2. The number of benzene rings is 2. The molecule has 0 heterocycles. The fourth-order valence-electron chi connectivity index (χ4n) is 1.20. The molecule has 82 valence electrons. The standard InChI is InChI=1S/C12H9ClO3/c13-11-7-10(5-6-12(11)15)16-9-3-1-8(14)2-4-9/h1-7,14-15H. The summed E-state index contributed by atoms with van der Waals surface area (Å²) in [4.78, 5) is 0. The van der Waals surface area contributed by atoms with Crippen LogP contribution in [0.2, 0.25) is 5.02 Å². The molecule has 0 fully saturated rings. The van der Waals surface area contributed by atoms with Crippen molar-refractivity contribution in [3.8, 4) is 23.0 Å². The summed E-state index contributed by atoms with van der Waals surface area (Å²) in [5, 5.41) is 18.6. The lowest BCUT2D eigenvalue weighted by Gasteiger charge is -2.06. The fourth-order valence-corrected chi connectivity index (χ4v) is 1.37. The minimum atomic E-state index is 0.0136. The van der Waals surface area contributed by atoms with Crippen molar-refractivity contribution in [2.75, 3.05) is 0 Å².